The van der Waals surface area contributed by atoms with Crippen molar-refractivity contribution in [2.45, 2.75) is 44.9 Å². The molecular weight excluding hydrogens is 236 g/mol. The van der Waals surface area contributed by atoms with E-state index in [0.717, 1.165) is 18.3 Å². The largest absolute Gasteiger partial charge is 0.491 e. The lowest BCUT2D eigenvalue weighted by atomic mass is 10.1. The molecule has 1 atom stereocenters. The molecule has 2 rings (SSSR count). The van der Waals surface area contributed by atoms with E-state index in [9.17, 15) is 0 Å². The Kier molecular flexibility index (Phi) is 4.83. The third kappa shape index (κ3) is 4.22. The maximum Gasteiger partial charge on any atom is 0.119 e. The zero-order valence-electron chi connectivity index (χ0n) is 12.5. The van der Waals surface area contributed by atoms with Crippen LogP contribution >= 0.6 is 0 Å². The van der Waals surface area contributed by atoms with E-state index >= 15 is 0 Å². The van der Waals surface area contributed by atoms with Crippen molar-refractivity contribution in [1.29, 1.82) is 0 Å². The summed E-state index contributed by atoms with van der Waals surface area (Å²) >= 11 is 0. The van der Waals surface area contributed by atoms with Gasteiger partial charge in [0.05, 0.1) is 6.10 Å². The molecule has 1 N–H and O–H groups in total. The number of benzene rings is 1. The van der Waals surface area contributed by atoms with Gasteiger partial charge in [-0.05, 0) is 58.5 Å². The summed E-state index contributed by atoms with van der Waals surface area (Å²) in [6.45, 7) is 5.16. The van der Waals surface area contributed by atoms with E-state index in [2.05, 4.69) is 55.4 Å². The molecule has 1 aromatic carbocycles. The Balaban J connectivity index is 1.97. The maximum atomic E-state index is 5.68. The molecule has 106 valence electrons. The van der Waals surface area contributed by atoms with Crippen LogP contribution < -0.4 is 10.1 Å². The summed E-state index contributed by atoms with van der Waals surface area (Å²) in [6, 6.07) is 9.66. The van der Waals surface area contributed by atoms with Gasteiger partial charge in [-0.2, -0.15) is 0 Å². The van der Waals surface area contributed by atoms with Gasteiger partial charge < -0.3 is 15.0 Å². The van der Waals surface area contributed by atoms with Crippen LogP contribution in [0.1, 0.15) is 38.3 Å². The van der Waals surface area contributed by atoms with Crippen LogP contribution in [0.2, 0.25) is 0 Å². The number of likely N-dealkylation sites (N-methyl/N-ethyl adjacent to an activating group) is 2. The van der Waals surface area contributed by atoms with E-state index < -0.39 is 0 Å². The smallest absolute Gasteiger partial charge is 0.119 e. The maximum absolute atomic E-state index is 5.68. The van der Waals surface area contributed by atoms with Crippen LogP contribution in [0.3, 0.4) is 0 Å². The van der Waals surface area contributed by atoms with Crippen LogP contribution in [0.15, 0.2) is 24.3 Å². The molecule has 1 aliphatic rings. The van der Waals surface area contributed by atoms with E-state index in [-0.39, 0.29) is 6.10 Å². The summed E-state index contributed by atoms with van der Waals surface area (Å²) in [5.74, 6) is 0.948. The first-order valence-electron chi connectivity index (χ1n) is 7.24. The summed E-state index contributed by atoms with van der Waals surface area (Å²) in [5, 5.41) is 3.41. The van der Waals surface area contributed by atoms with E-state index in [4.69, 9.17) is 4.74 Å². The van der Waals surface area contributed by atoms with Crippen LogP contribution in [0, 0.1) is 0 Å². The molecule has 0 spiro atoms. The van der Waals surface area contributed by atoms with Crippen LogP contribution in [0.4, 0.5) is 0 Å². The van der Waals surface area contributed by atoms with Crippen molar-refractivity contribution < 1.29 is 4.74 Å². The highest BCUT2D eigenvalue weighted by Crippen LogP contribution is 2.27. The van der Waals surface area contributed by atoms with Gasteiger partial charge in [0.2, 0.25) is 0 Å². The fourth-order valence-corrected chi connectivity index (χ4v) is 2.37. The molecule has 1 saturated carbocycles. The molecule has 3 heteroatoms. The Bertz CT molecular complexity index is 384. The number of nitrogens with one attached hydrogen (secondary N) is 1. The first-order valence-corrected chi connectivity index (χ1v) is 7.24. The fraction of sp³-hybridized carbons (Fsp3) is 0.625. The molecule has 0 bridgehead atoms. The summed E-state index contributed by atoms with van der Waals surface area (Å²) < 4.78 is 5.68. The van der Waals surface area contributed by atoms with Crippen molar-refractivity contribution in [3.63, 3.8) is 0 Å². The molecule has 0 radical (unpaired) electrons. The highest BCUT2D eigenvalue weighted by molar-refractivity contribution is 5.29. The van der Waals surface area contributed by atoms with Gasteiger partial charge in [0.1, 0.15) is 5.75 Å². The molecule has 0 heterocycles. The second-order valence-corrected chi connectivity index (χ2v) is 5.75. The molecule has 0 saturated heterocycles. The zero-order valence-corrected chi connectivity index (χ0v) is 12.5. The molecule has 0 aliphatic heterocycles. The summed E-state index contributed by atoms with van der Waals surface area (Å²) in [6.07, 6.45) is 2.94. The molecule has 19 heavy (non-hydrogen) atoms. The fourth-order valence-electron chi connectivity index (χ4n) is 2.37. The first-order chi connectivity index (χ1) is 9.10. The molecular formula is C16H26N2O. The molecule has 0 amide bonds. The van der Waals surface area contributed by atoms with Crippen LogP contribution in [-0.4, -0.2) is 37.7 Å². The van der Waals surface area contributed by atoms with Gasteiger partial charge in [0.25, 0.3) is 0 Å². The lowest BCUT2D eigenvalue weighted by molar-refractivity contribution is 0.242. The number of hydrogen-bond acceptors (Lipinski definition) is 3. The van der Waals surface area contributed by atoms with Crippen molar-refractivity contribution in [1.82, 2.24) is 10.2 Å². The quantitative estimate of drug-likeness (QED) is 0.818. The van der Waals surface area contributed by atoms with Gasteiger partial charge in [-0.3, -0.25) is 0 Å². The van der Waals surface area contributed by atoms with Crippen molar-refractivity contribution in [3.8, 4) is 5.75 Å². The van der Waals surface area contributed by atoms with Crippen LogP contribution in [-0.2, 0) is 0 Å². The van der Waals surface area contributed by atoms with Gasteiger partial charge in [0, 0.05) is 18.6 Å². The molecule has 0 aromatic heterocycles. The second-order valence-electron chi connectivity index (χ2n) is 5.75. The minimum Gasteiger partial charge on any atom is -0.491 e. The average Bonchev–Trinajstić information content (AvgIpc) is 3.20. The van der Waals surface area contributed by atoms with Crippen molar-refractivity contribution in [2.75, 3.05) is 20.6 Å². The monoisotopic (exact) mass is 262 g/mol. The predicted molar refractivity (Wildman–Crippen MR) is 79.7 cm³/mol. The highest BCUT2D eigenvalue weighted by Gasteiger charge is 2.27. The van der Waals surface area contributed by atoms with Crippen LogP contribution in [0.25, 0.3) is 0 Å². The summed E-state index contributed by atoms with van der Waals surface area (Å²) in [7, 11) is 4.25. The Morgan fingerprint density at radius 1 is 1.26 bits per heavy atom. The minimum atomic E-state index is 0.229. The van der Waals surface area contributed by atoms with Gasteiger partial charge in [0.15, 0.2) is 0 Å². The van der Waals surface area contributed by atoms with Gasteiger partial charge in [-0.15, -0.1) is 0 Å². The summed E-state index contributed by atoms with van der Waals surface area (Å²) in [4.78, 5) is 2.46. The third-order valence-electron chi connectivity index (χ3n) is 3.64. The highest BCUT2D eigenvalue weighted by atomic mass is 16.5. The topological polar surface area (TPSA) is 24.5 Å². The lowest BCUT2D eigenvalue weighted by Gasteiger charge is -2.24. The van der Waals surface area contributed by atoms with Crippen molar-refractivity contribution in [2.24, 2.45) is 0 Å². The normalized spacial score (nSPS) is 16.9. The van der Waals surface area contributed by atoms with E-state index in [1.54, 1.807) is 0 Å². The third-order valence-corrected chi connectivity index (χ3v) is 3.64. The number of ether oxygens (including phenoxy) is 1. The van der Waals surface area contributed by atoms with E-state index in [1.807, 2.05) is 7.05 Å². The SMILES string of the molecule is CNC(CN(C)C1CC1)c1ccc(OC(C)C)cc1. The van der Waals surface area contributed by atoms with Gasteiger partial charge >= 0.3 is 0 Å². The Morgan fingerprint density at radius 2 is 1.89 bits per heavy atom. The molecule has 1 aliphatic carbocycles. The van der Waals surface area contributed by atoms with Crippen molar-refractivity contribution in [3.05, 3.63) is 29.8 Å². The minimum absolute atomic E-state index is 0.229. The lowest BCUT2D eigenvalue weighted by Crippen LogP contribution is -2.32. The Hall–Kier alpha value is -1.06. The average molecular weight is 262 g/mol. The van der Waals surface area contributed by atoms with Crippen molar-refractivity contribution >= 4 is 0 Å². The van der Waals surface area contributed by atoms with E-state index in [1.165, 1.54) is 18.4 Å². The van der Waals surface area contributed by atoms with Gasteiger partial charge in [-0.1, -0.05) is 12.1 Å². The Morgan fingerprint density at radius 3 is 2.37 bits per heavy atom. The molecule has 1 fully saturated rings. The van der Waals surface area contributed by atoms with Crippen LogP contribution in [0.5, 0.6) is 5.75 Å². The first kappa shape index (κ1) is 14.4. The predicted octanol–water partition coefficient (Wildman–Crippen LogP) is 2.83. The second kappa shape index (κ2) is 6.40. The molecule has 1 unspecified atom stereocenters. The van der Waals surface area contributed by atoms with E-state index in [0.29, 0.717) is 6.04 Å². The Labute approximate surface area is 116 Å². The van der Waals surface area contributed by atoms with Gasteiger partial charge in [-0.25, -0.2) is 0 Å². The summed E-state index contributed by atoms with van der Waals surface area (Å²) in [5.41, 5.74) is 1.33. The molecule has 1 aromatic rings. The standard InChI is InChI=1S/C16H26N2O/c1-12(2)19-15-9-5-13(6-10-15)16(17-3)11-18(4)14-7-8-14/h5-6,9-10,12,14,16-17H,7-8,11H2,1-4H3. The molecule has 3 nitrogen and oxygen atoms in total. The number of rotatable bonds is 7. The zero-order chi connectivity index (χ0) is 13.8. The number of nitrogens with zero attached hydrogens (tertiary/aromatic N) is 1. The number of hydrogen-bond donors (Lipinski definition) is 1.